The molecule has 3 rings (SSSR count). The molecule has 0 aliphatic carbocycles. The van der Waals surface area contributed by atoms with Crippen LogP contribution in [0.3, 0.4) is 0 Å². The van der Waals surface area contributed by atoms with Crippen molar-refractivity contribution >= 4 is 40.7 Å². The molecule has 5 nitrogen and oxygen atoms in total. The molecule has 1 fully saturated rings. The number of anilines is 3. The van der Waals surface area contributed by atoms with Crippen molar-refractivity contribution in [3.8, 4) is 0 Å². The molecule has 1 aliphatic heterocycles. The molecule has 0 amide bonds. The maximum absolute atomic E-state index is 13.1. The Morgan fingerprint density at radius 3 is 2.65 bits per heavy atom. The van der Waals surface area contributed by atoms with Gasteiger partial charge in [-0.25, -0.2) is 14.4 Å². The standard InChI is InChI=1S/C15H16ClFN5S/c16-13-10(18)2-1-3-11(13)23-15-14(19)21-12(8-20-15)22-6-4-9(17)5-7-22/h1-3,8H,4-7,18H2,(H2,19,21). The summed E-state index contributed by atoms with van der Waals surface area (Å²) in [6.45, 7) is 1.18. The number of hydrogen-bond donors (Lipinski definition) is 2. The van der Waals surface area contributed by atoms with Gasteiger partial charge < -0.3 is 16.4 Å². The van der Waals surface area contributed by atoms with Crippen LogP contribution in [-0.2, 0) is 0 Å². The average molecular weight is 353 g/mol. The molecule has 1 radical (unpaired) electrons. The average Bonchev–Trinajstić information content (AvgIpc) is 2.54. The Morgan fingerprint density at radius 2 is 1.96 bits per heavy atom. The fourth-order valence-corrected chi connectivity index (χ4v) is 3.36. The predicted molar refractivity (Wildman–Crippen MR) is 92.2 cm³/mol. The van der Waals surface area contributed by atoms with Gasteiger partial charge >= 0.3 is 0 Å². The summed E-state index contributed by atoms with van der Waals surface area (Å²) in [6, 6.07) is 5.40. The molecule has 2 aromatic rings. The van der Waals surface area contributed by atoms with Gasteiger partial charge in [0.2, 0.25) is 0 Å². The van der Waals surface area contributed by atoms with Crippen LogP contribution in [0.15, 0.2) is 34.3 Å². The molecule has 1 saturated heterocycles. The van der Waals surface area contributed by atoms with Crippen molar-refractivity contribution in [2.75, 3.05) is 29.5 Å². The molecule has 0 spiro atoms. The van der Waals surface area contributed by atoms with Crippen LogP contribution in [0.5, 0.6) is 0 Å². The van der Waals surface area contributed by atoms with Crippen LogP contribution in [0.4, 0.5) is 21.7 Å². The van der Waals surface area contributed by atoms with E-state index in [2.05, 4.69) is 9.97 Å². The molecule has 0 unspecified atom stereocenters. The Labute approximate surface area is 143 Å². The van der Waals surface area contributed by atoms with Gasteiger partial charge in [-0.15, -0.1) is 0 Å². The van der Waals surface area contributed by atoms with Crippen molar-refractivity contribution in [2.24, 2.45) is 0 Å². The smallest absolute Gasteiger partial charge is 0.158 e. The summed E-state index contributed by atoms with van der Waals surface area (Å²) in [5.74, 6) is 0.985. The molecule has 1 aliphatic rings. The lowest BCUT2D eigenvalue weighted by Gasteiger charge is -2.29. The number of hydrogen-bond acceptors (Lipinski definition) is 6. The summed E-state index contributed by atoms with van der Waals surface area (Å²) in [6.07, 6.45) is 2.54. The largest absolute Gasteiger partial charge is 0.397 e. The number of aromatic nitrogens is 2. The monoisotopic (exact) mass is 352 g/mol. The van der Waals surface area contributed by atoms with Gasteiger partial charge in [-0.2, -0.15) is 0 Å². The Bertz CT molecular complexity index is 706. The third-order valence-corrected chi connectivity index (χ3v) is 5.18. The van der Waals surface area contributed by atoms with Crippen molar-refractivity contribution < 1.29 is 4.39 Å². The molecular weight excluding hydrogens is 337 g/mol. The van der Waals surface area contributed by atoms with E-state index in [-0.39, 0.29) is 6.17 Å². The van der Waals surface area contributed by atoms with Crippen molar-refractivity contribution in [2.45, 2.75) is 22.8 Å². The van der Waals surface area contributed by atoms with Gasteiger partial charge in [0.25, 0.3) is 0 Å². The van der Waals surface area contributed by atoms with Gasteiger partial charge in [-0.3, -0.25) is 0 Å². The van der Waals surface area contributed by atoms with Crippen molar-refractivity contribution in [1.29, 1.82) is 0 Å². The van der Waals surface area contributed by atoms with Crippen LogP contribution in [0.25, 0.3) is 0 Å². The van der Waals surface area contributed by atoms with Crippen LogP contribution >= 0.6 is 23.4 Å². The van der Waals surface area contributed by atoms with Gasteiger partial charge in [0, 0.05) is 30.8 Å². The Hall–Kier alpha value is -1.73. The zero-order valence-corrected chi connectivity index (χ0v) is 13.9. The van der Waals surface area contributed by atoms with Gasteiger partial charge in [0.05, 0.1) is 16.9 Å². The number of benzene rings is 1. The lowest BCUT2D eigenvalue weighted by molar-refractivity contribution is 0.398. The second-order valence-electron chi connectivity index (χ2n) is 5.18. The first-order valence-corrected chi connectivity index (χ1v) is 8.33. The lowest BCUT2D eigenvalue weighted by atomic mass is 10.1. The zero-order chi connectivity index (χ0) is 16.4. The number of rotatable bonds is 3. The molecule has 8 heteroatoms. The fraction of sp³-hybridized carbons (Fsp3) is 0.267. The molecule has 0 atom stereocenters. The summed E-state index contributed by atoms with van der Waals surface area (Å²) in [5.41, 5.74) is 12.3. The lowest BCUT2D eigenvalue weighted by Crippen LogP contribution is -2.32. The van der Waals surface area contributed by atoms with E-state index in [0.717, 1.165) is 4.90 Å². The Morgan fingerprint density at radius 1 is 1.22 bits per heavy atom. The highest BCUT2D eigenvalue weighted by Crippen LogP contribution is 2.37. The van der Waals surface area contributed by atoms with Crippen molar-refractivity contribution in [3.05, 3.63) is 35.6 Å². The van der Waals surface area contributed by atoms with E-state index in [0.29, 0.717) is 53.3 Å². The highest BCUT2D eigenvalue weighted by Gasteiger charge is 2.21. The second kappa shape index (κ2) is 6.80. The third-order valence-electron chi connectivity index (χ3n) is 3.58. The number of halogens is 2. The predicted octanol–water partition coefficient (Wildman–Crippen LogP) is 3.55. The van der Waals surface area contributed by atoms with E-state index < -0.39 is 0 Å². The van der Waals surface area contributed by atoms with E-state index in [9.17, 15) is 4.39 Å². The number of nitrogens with two attached hydrogens (primary N) is 2. The van der Waals surface area contributed by atoms with Crippen molar-refractivity contribution in [3.63, 3.8) is 0 Å². The molecule has 0 bridgehead atoms. The molecular formula is C15H16ClFN5S. The second-order valence-corrected chi connectivity index (χ2v) is 6.59. The summed E-state index contributed by atoms with van der Waals surface area (Å²) in [7, 11) is 0. The molecule has 0 saturated carbocycles. The molecule has 1 aromatic heterocycles. The first kappa shape index (κ1) is 16.1. The van der Waals surface area contributed by atoms with E-state index in [1.165, 1.54) is 11.8 Å². The van der Waals surface area contributed by atoms with Gasteiger partial charge in [0.1, 0.15) is 17.0 Å². The normalized spacial score (nSPS) is 15.8. The maximum atomic E-state index is 13.1. The third kappa shape index (κ3) is 3.61. The quantitative estimate of drug-likeness (QED) is 0.822. The Balaban J connectivity index is 1.78. The van der Waals surface area contributed by atoms with Crippen LogP contribution in [0.2, 0.25) is 5.02 Å². The zero-order valence-electron chi connectivity index (χ0n) is 12.3. The number of piperidine rings is 1. The molecule has 4 N–H and O–H groups in total. The molecule has 2 heterocycles. The van der Waals surface area contributed by atoms with E-state index in [4.69, 9.17) is 23.1 Å². The highest BCUT2D eigenvalue weighted by molar-refractivity contribution is 7.99. The summed E-state index contributed by atoms with van der Waals surface area (Å²) < 4.78 is 13.1. The number of nitrogen functional groups attached to an aromatic ring is 2. The van der Waals surface area contributed by atoms with E-state index >= 15 is 0 Å². The Kier molecular flexibility index (Phi) is 4.77. The van der Waals surface area contributed by atoms with Gasteiger partial charge in [0.15, 0.2) is 5.82 Å². The van der Waals surface area contributed by atoms with Crippen LogP contribution < -0.4 is 16.4 Å². The van der Waals surface area contributed by atoms with Crippen LogP contribution in [-0.4, -0.2) is 23.1 Å². The maximum Gasteiger partial charge on any atom is 0.158 e. The minimum Gasteiger partial charge on any atom is -0.397 e. The molecule has 1 aromatic carbocycles. The topological polar surface area (TPSA) is 81.1 Å². The fourth-order valence-electron chi connectivity index (χ4n) is 2.30. The van der Waals surface area contributed by atoms with Crippen LogP contribution in [0.1, 0.15) is 12.8 Å². The summed E-state index contributed by atoms with van der Waals surface area (Å²) in [5, 5.41) is 1.04. The number of nitrogens with zero attached hydrogens (tertiary/aromatic N) is 3. The molecule has 121 valence electrons. The minimum atomic E-state index is 0.0330. The first-order chi connectivity index (χ1) is 11.0. The highest BCUT2D eigenvalue weighted by atomic mass is 35.5. The minimum absolute atomic E-state index is 0.0330. The van der Waals surface area contributed by atoms with Gasteiger partial charge in [-0.1, -0.05) is 29.4 Å². The first-order valence-electron chi connectivity index (χ1n) is 7.14. The SMILES string of the molecule is Nc1cccc(Sc2ncc(N3CC[C](F)CC3)nc2N)c1Cl. The van der Waals surface area contributed by atoms with Crippen LogP contribution in [0, 0.1) is 6.17 Å². The summed E-state index contributed by atoms with van der Waals surface area (Å²) in [4.78, 5) is 11.5. The summed E-state index contributed by atoms with van der Waals surface area (Å²) >= 11 is 7.50. The van der Waals surface area contributed by atoms with E-state index in [1.807, 2.05) is 17.0 Å². The van der Waals surface area contributed by atoms with Gasteiger partial charge in [-0.05, 0) is 12.1 Å². The molecule has 23 heavy (non-hydrogen) atoms. The van der Waals surface area contributed by atoms with Crippen molar-refractivity contribution in [1.82, 2.24) is 9.97 Å². The van der Waals surface area contributed by atoms with E-state index in [1.54, 1.807) is 12.3 Å².